The number of halogens is 1. The Labute approximate surface area is 174 Å². The minimum atomic E-state index is -0.857. The van der Waals surface area contributed by atoms with Gasteiger partial charge in [-0.15, -0.1) is 0 Å². The average molecular weight is 416 g/mol. The van der Waals surface area contributed by atoms with Gasteiger partial charge in [0.2, 0.25) is 0 Å². The van der Waals surface area contributed by atoms with Crippen molar-refractivity contribution >= 4 is 23.5 Å². The summed E-state index contributed by atoms with van der Waals surface area (Å²) in [7, 11) is 4.47. The van der Waals surface area contributed by atoms with Crippen molar-refractivity contribution in [2.75, 3.05) is 21.3 Å². The lowest BCUT2D eigenvalue weighted by atomic mass is 9.80. The number of carbonyl (C=O) groups is 2. The van der Waals surface area contributed by atoms with Crippen LogP contribution in [0.1, 0.15) is 23.3 Å². The Bertz CT molecular complexity index is 895. The lowest BCUT2D eigenvalue weighted by Crippen LogP contribution is -2.27. The van der Waals surface area contributed by atoms with Gasteiger partial charge in [-0.2, -0.15) is 5.06 Å². The Balaban J connectivity index is 1.90. The van der Waals surface area contributed by atoms with Crippen LogP contribution in [-0.4, -0.2) is 38.3 Å². The maximum atomic E-state index is 12.8. The highest BCUT2D eigenvalue weighted by Gasteiger charge is 2.82. The molecule has 0 amide bonds. The van der Waals surface area contributed by atoms with Crippen molar-refractivity contribution in [3.05, 3.63) is 70.7 Å². The Kier molecular flexibility index (Phi) is 5.11. The van der Waals surface area contributed by atoms with Crippen molar-refractivity contribution in [2.24, 2.45) is 17.3 Å². The van der Waals surface area contributed by atoms with Crippen LogP contribution in [0.3, 0.4) is 0 Å². The number of hydroxylamine groups is 2. The van der Waals surface area contributed by atoms with Gasteiger partial charge in [-0.3, -0.25) is 14.4 Å². The molecular formula is C22H22ClNO5. The Hall–Kier alpha value is -2.41. The molecule has 0 bridgehead atoms. The topological polar surface area (TPSA) is 65.1 Å². The summed E-state index contributed by atoms with van der Waals surface area (Å²) in [5, 5.41) is 2.33. The number of nitrogens with zero attached hydrogens (tertiary/aromatic N) is 1. The van der Waals surface area contributed by atoms with E-state index < -0.39 is 35.3 Å². The average Bonchev–Trinajstić information content (AvgIpc) is 3.33. The largest absolute Gasteiger partial charge is 0.469 e. The summed E-state index contributed by atoms with van der Waals surface area (Å²) in [6, 6.07) is 16.6. The van der Waals surface area contributed by atoms with Gasteiger partial charge >= 0.3 is 11.9 Å². The molecular weight excluding hydrogens is 394 g/mol. The van der Waals surface area contributed by atoms with Crippen molar-refractivity contribution in [3.63, 3.8) is 0 Å². The summed E-state index contributed by atoms with van der Waals surface area (Å²) in [6.07, 6.45) is -0.512. The van der Waals surface area contributed by atoms with E-state index in [0.717, 1.165) is 11.1 Å². The van der Waals surface area contributed by atoms with E-state index in [4.69, 9.17) is 25.9 Å². The van der Waals surface area contributed by atoms with E-state index in [9.17, 15) is 9.59 Å². The van der Waals surface area contributed by atoms with Crippen LogP contribution in [0.15, 0.2) is 54.6 Å². The third kappa shape index (κ3) is 2.94. The number of methoxy groups -OCH3 is 2. The minimum absolute atomic E-state index is 0.363. The lowest BCUT2D eigenvalue weighted by Gasteiger charge is -2.25. The zero-order valence-electron chi connectivity index (χ0n) is 16.4. The van der Waals surface area contributed by atoms with Gasteiger partial charge in [-0.05, 0) is 23.3 Å². The van der Waals surface area contributed by atoms with Crippen molar-refractivity contribution < 1.29 is 23.9 Å². The number of hydrogen-bond donors (Lipinski definition) is 0. The normalized spacial score (nSPS) is 30.9. The highest BCUT2D eigenvalue weighted by molar-refractivity contribution is 6.30. The molecule has 4 rings (SSSR count). The maximum Gasteiger partial charge on any atom is 0.310 e. The molecule has 0 radical (unpaired) electrons. The van der Waals surface area contributed by atoms with E-state index in [-0.39, 0.29) is 6.04 Å². The van der Waals surface area contributed by atoms with Crippen molar-refractivity contribution in [1.29, 1.82) is 0 Å². The highest BCUT2D eigenvalue weighted by Crippen LogP contribution is 2.76. The number of ether oxygens (including phenoxy) is 2. The molecule has 1 aliphatic heterocycles. The summed E-state index contributed by atoms with van der Waals surface area (Å²) in [4.78, 5) is 31.8. The van der Waals surface area contributed by atoms with E-state index in [1.54, 1.807) is 17.2 Å². The number of esters is 2. The second-order valence-electron chi connectivity index (χ2n) is 7.40. The second kappa shape index (κ2) is 7.44. The van der Waals surface area contributed by atoms with Crippen LogP contribution in [-0.2, 0) is 23.9 Å². The molecule has 1 saturated carbocycles. The van der Waals surface area contributed by atoms with Crippen LogP contribution in [0.25, 0.3) is 0 Å². The molecule has 4 unspecified atom stereocenters. The summed E-state index contributed by atoms with van der Waals surface area (Å²) in [5.74, 6) is -2.26. The first-order valence-corrected chi connectivity index (χ1v) is 9.70. The number of hydrogen-bond acceptors (Lipinski definition) is 6. The molecule has 4 atom stereocenters. The van der Waals surface area contributed by atoms with Crippen LogP contribution in [0.5, 0.6) is 0 Å². The fourth-order valence-corrected chi connectivity index (χ4v) is 5.05. The van der Waals surface area contributed by atoms with Crippen LogP contribution in [0, 0.1) is 17.3 Å². The van der Waals surface area contributed by atoms with E-state index in [2.05, 4.69) is 0 Å². The third-order valence-corrected chi connectivity index (χ3v) is 6.31. The number of rotatable bonds is 4. The standard InChI is InChI=1S/C22H22ClNO5/c1-24-18(13-9-11-15(23)12-10-13)22(19(29-24)14-7-5-4-6-8-14)16(20(25)27-2)17(22)21(26)28-3/h4-12,16-19H,1-3H3. The smallest absolute Gasteiger partial charge is 0.310 e. The molecule has 0 aromatic heterocycles. The Morgan fingerprint density at radius 1 is 0.931 bits per heavy atom. The molecule has 2 aromatic carbocycles. The lowest BCUT2D eigenvalue weighted by molar-refractivity contribution is -0.148. The molecule has 2 fully saturated rings. The number of benzene rings is 2. The molecule has 1 saturated heterocycles. The zero-order chi connectivity index (χ0) is 20.8. The second-order valence-corrected chi connectivity index (χ2v) is 7.83. The molecule has 2 aromatic rings. The van der Waals surface area contributed by atoms with Crippen molar-refractivity contribution in [3.8, 4) is 0 Å². The molecule has 2 aliphatic rings. The first-order valence-electron chi connectivity index (χ1n) is 9.32. The summed E-state index contributed by atoms with van der Waals surface area (Å²) in [6.45, 7) is 0. The quantitative estimate of drug-likeness (QED) is 0.711. The van der Waals surface area contributed by atoms with Gasteiger partial charge < -0.3 is 9.47 Å². The first-order chi connectivity index (χ1) is 14.0. The summed E-state index contributed by atoms with van der Waals surface area (Å²) in [5.41, 5.74) is 0.927. The van der Waals surface area contributed by atoms with Gasteiger partial charge in [0.25, 0.3) is 0 Å². The molecule has 1 heterocycles. The predicted molar refractivity (Wildman–Crippen MR) is 106 cm³/mol. The van der Waals surface area contributed by atoms with E-state index >= 15 is 0 Å². The van der Waals surface area contributed by atoms with Gasteiger partial charge in [0.15, 0.2) is 0 Å². The number of carbonyl (C=O) groups excluding carboxylic acids is 2. The SMILES string of the molecule is COC(=O)C1C(C(=O)OC)C12C(c1ccccc1)ON(C)C2c1ccc(Cl)cc1. The molecule has 1 spiro atoms. The zero-order valence-corrected chi connectivity index (χ0v) is 17.1. The molecule has 6 nitrogen and oxygen atoms in total. The van der Waals surface area contributed by atoms with Gasteiger partial charge in [-0.1, -0.05) is 54.1 Å². The van der Waals surface area contributed by atoms with Gasteiger partial charge in [0.1, 0.15) is 6.10 Å². The van der Waals surface area contributed by atoms with Crippen molar-refractivity contribution in [1.82, 2.24) is 5.06 Å². The molecule has 7 heteroatoms. The van der Waals surface area contributed by atoms with E-state index in [1.165, 1.54) is 14.2 Å². The minimum Gasteiger partial charge on any atom is -0.469 e. The summed E-state index contributed by atoms with van der Waals surface area (Å²) < 4.78 is 10.1. The maximum absolute atomic E-state index is 12.8. The van der Waals surface area contributed by atoms with E-state index in [1.807, 2.05) is 49.5 Å². The van der Waals surface area contributed by atoms with Crippen LogP contribution in [0.4, 0.5) is 0 Å². The monoisotopic (exact) mass is 415 g/mol. The van der Waals surface area contributed by atoms with Crippen LogP contribution < -0.4 is 0 Å². The van der Waals surface area contributed by atoms with E-state index in [0.29, 0.717) is 5.02 Å². The Morgan fingerprint density at radius 3 is 2.00 bits per heavy atom. The molecule has 1 aliphatic carbocycles. The van der Waals surface area contributed by atoms with Gasteiger partial charge in [0, 0.05) is 12.1 Å². The molecule has 152 valence electrons. The first kappa shape index (κ1) is 19.9. The molecule has 29 heavy (non-hydrogen) atoms. The summed E-state index contributed by atoms with van der Waals surface area (Å²) >= 11 is 6.08. The van der Waals surface area contributed by atoms with Gasteiger partial charge in [0.05, 0.1) is 37.5 Å². The fourth-order valence-electron chi connectivity index (χ4n) is 4.92. The third-order valence-electron chi connectivity index (χ3n) is 6.06. The fraction of sp³-hybridized carbons (Fsp3) is 0.364. The Morgan fingerprint density at radius 2 is 1.48 bits per heavy atom. The van der Waals surface area contributed by atoms with Crippen LogP contribution >= 0.6 is 11.6 Å². The van der Waals surface area contributed by atoms with Crippen molar-refractivity contribution in [2.45, 2.75) is 12.1 Å². The van der Waals surface area contributed by atoms with Gasteiger partial charge in [-0.25, -0.2) is 0 Å². The highest BCUT2D eigenvalue weighted by atomic mass is 35.5. The molecule has 0 N–H and O–H groups in total. The predicted octanol–water partition coefficient (Wildman–Crippen LogP) is 3.58. The van der Waals surface area contributed by atoms with Crippen LogP contribution in [0.2, 0.25) is 5.02 Å².